The molecule has 1 saturated heterocycles. The van der Waals surface area contributed by atoms with Crippen LogP contribution in [0.3, 0.4) is 0 Å². The molecular formula is C13H11ClN2O3. The van der Waals surface area contributed by atoms with Crippen molar-refractivity contribution in [1.82, 2.24) is 10.2 Å². The van der Waals surface area contributed by atoms with Gasteiger partial charge in [0.25, 0.3) is 0 Å². The van der Waals surface area contributed by atoms with Crippen LogP contribution in [0.1, 0.15) is 18.4 Å². The van der Waals surface area contributed by atoms with Crippen LogP contribution in [0.25, 0.3) is 0 Å². The summed E-state index contributed by atoms with van der Waals surface area (Å²) in [5, 5.41) is 2.78. The lowest BCUT2D eigenvalue weighted by Gasteiger charge is -2.30. The van der Waals surface area contributed by atoms with Crippen LogP contribution in [0.15, 0.2) is 24.3 Å². The third kappa shape index (κ3) is 1.90. The summed E-state index contributed by atoms with van der Waals surface area (Å²) in [6.45, 7) is 0.125. The molecule has 2 fully saturated rings. The maximum Gasteiger partial charge on any atom is 0.331 e. The highest BCUT2D eigenvalue weighted by molar-refractivity contribution is 6.30. The summed E-state index contributed by atoms with van der Waals surface area (Å²) in [7, 11) is 0. The van der Waals surface area contributed by atoms with E-state index in [0.29, 0.717) is 17.9 Å². The second-order valence-electron chi connectivity index (χ2n) is 4.86. The van der Waals surface area contributed by atoms with E-state index >= 15 is 0 Å². The summed E-state index contributed by atoms with van der Waals surface area (Å²) in [5.74, 6) is -0.869. The van der Waals surface area contributed by atoms with Crippen molar-refractivity contribution in [3.63, 3.8) is 0 Å². The van der Waals surface area contributed by atoms with Crippen LogP contribution in [0.5, 0.6) is 0 Å². The SMILES string of the molecule is O=C1NC(=O)C2(CC2)C(=O)N1Cc1cccc(Cl)c1. The summed E-state index contributed by atoms with van der Waals surface area (Å²) < 4.78 is 0. The lowest BCUT2D eigenvalue weighted by molar-refractivity contribution is -0.145. The zero-order valence-electron chi connectivity index (χ0n) is 9.98. The number of amides is 4. The molecule has 0 unspecified atom stereocenters. The summed E-state index contributed by atoms with van der Waals surface area (Å²) in [5.41, 5.74) is -0.243. The number of halogens is 1. The average Bonchev–Trinajstić information content (AvgIpc) is 3.15. The number of nitrogens with one attached hydrogen (secondary N) is 1. The van der Waals surface area contributed by atoms with Gasteiger partial charge in [-0.05, 0) is 30.5 Å². The van der Waals surface area contributed by atoms with E-state index in [0.717, 1.165) is 10.5 Å². The Morgan fingerprint density at radius 2 is 2.00 bits per heavy atom. The highest BCUT2D eigenvalue weighted by atomic mass is 35.5. The third-order valence-corrected chi connectivity index (χ3v) is 3.77. The van der Waals surface area contributed by atoms with Gasteiger partial charge in [0.15, 0.2) is 0 Å². The zero-order valence-corrected chi connectivity index (χ0v) is 10.7. The van der Waals surface area contributed by atoms with E-state index in [1.165, 1.54) is 0 Å². The standard InChI is InChI=1S/C13H11ClN2O3/c14-9-3-1-2-8(6-9)7-16-11(18)13(4-5-13)10(17)15-12(16)19/h1-3,6H,4-5,7H2,(H,15,17,19). The molecule has 0 bridgehead atoms. The van der Waals surface area contributed by atoms with E-state index in [2.05, 4.69) is 5.32 Å². The van der Waals surface area contributed by atoms with Crippen molar-refractivity contribution in [2.45, 2.75) is 19.4 Å². The normalized spacial score (nSPS) is 20.7. The van der Waals surface area contributed by atoms with E-state index in [4.69, 9.17) is 11.6 Å². The van der Waals surface area contributed by atoms with Crippen molar-refractivity contribution in [2.75, 3.05) is 0 Å². The van der Waals surface area contributed by atoms with Crippen molar-refractivity contribution >= 4 is 29.4 Å². The molecule has 1 spiro atoms. The Labute approximate surface area is 114 Å². The average molecular weight is 279 g/mol. The third-order valence-electron chi connectivity index (χ3n) is 3.53. The molecule has 0 atom stereocenters. The Bertz CT molecular complexity index is 595. The molecule has 1 heterocycles. The predicted molar refractivity (Wildman–Crippen MR) is 67.2 cm³/mol. The number of nitrogens with zero attached hydrogens (tertiary/aromatic N) is 1. The van der Waals surface area contributed by atoms with E-state index in [1.807, 2.05) is 0 Å². The molecule has 5 nitrogen and oxygen atoms in total. The molecule has 98 valence electrons. The molecule has 1 saturated carbocycles. The highest BCUT2D eigenvalue weighted by Gasteiger charge is 2.62. The second-order valence-corrected chi connectivity index (χ2v) is 5.30. The van der Waals surface area contributed by atoms with Crippen LogP contribution in [-0.4, -0.2) is 22.7 Å². The molecule has 2 aliphatic rings. The Balaban J connectivity index is 1.86. The van der Waals surface area contributed by atoms with Crippen LogP contribution in [-0.2, 0) is 16.1 Å². The monoisotopic (exact) mass is 278 g/mol. The molecule has 1 aromatic rings. The zero-order chi connectivity index (χ0) is 13.6. The number of benzene rings is 1. The smallest absolute Gasteiger partial charge is 0.277 e. The van der Waals surface area contributed by atoms with Gasteiger partial charge in [0.2, 0.25) is 11.8 Å². The number of urea groups is 1. The van der Waals surface area contributed by atoms with Crippen LogP contribution in [0.4, 0.5) is 4.79 Å². The fraction of sp³-hybridized carbons (Fsp3) is 0.308. The van der Waals surface area contributed by atoms with Crippen molar-refractivity contribution < 1.29 is 14.4 Å². The number of imide groups is 2. The topological polar surface area (TPSA) is 66.5 Å². The van der Waals surface area contributed by atoms with Gasteiger partial charge in [-0.15, -0.1) is 0 Å². The van der Waals surface area contributed by atoms with E-state index < -0.39 is 23.3 Å². The minimum Gasteiger partial charge on any atom is -0.277 e. The summed E-state index contributed by atoms with van der Waals surface area (Å²) >= 11 is 5.87. The summed E-state index contributed by atoms with van der Waals surface area (Å²) in [6.07, 6.45) is 1.02. The van der Waals surface area contributed by atoms with Crippen LogP contribution in [0, 0.1) is 5.41 Å². The van der Waals surface area contributed by atoms with Gasteiger partial charge in [0.1, 0.15) is 5.41 Å². The molecule has 1 N–H and O–H groups in total. The predicted octanol–water partition coefficient (Wildman–Crippen LogP) is 1.70. The molecule has 4 amide bonds. The molecule has 19 heavy (non-hydrogen) atoms. The molecule has 1 aliphatic heterocycles. The van der Waals surface area contributed by atoms with Gasteiger partial charge in [-0.2, -0.15) is 0 Å². The Hall–Kier alpha value is -1.88. The first-order chi connectivity index (χ1) is 9.03. The minimum atomic E-state index is -0.994. The Morgan fingerprint density at radius 3 is 2.63 bits per heavy atom. The fourth-order valence-electron chi connectivity index (χ4n) is 2.26. The first-order valence-electron chi connectivity index (χ1n) is 5.95. The fourth-order valence-corrected chi connectivity index (χ4v) is 2.47. The molecule has 0 aromatic heterocycles. The Morgan fingerprint density at radius 1 is 1.26 bits per heavy atom. The van der Waals surface area contributed by atoms with Crippen molar-refractivity contribution in [3.8, 4) is 0 Å². The summed E-state index contributed by atoms with van der Waals surface area (Å²) in [6, 6.07) is 6.28. The molecule has 0 radical (unpaired) electrons. The lowest BCUT2D eigenvalue weighted by Crippen LogP contribution is -2.58. The van der Waals surface area contributed by atoms with E-state index in [-0.39, 0.29) is 6.54 Å². The number of hydrogen-bond acceptors (Lipinski definition) is 3. The molecule has 1 aromatic carbocycles. The maximum atomic E-state index is 12.2. The molecule has 3 rings (SSSR count). The molecule has 1 aliphatic carbocycles. The van der Waals surface area contributed by atoms with Crippen molar-refractivity contribution in [1.29, 1.82) is 0 Å². The van der Waals surface area contributed by atoms with Crippen molar-refractivity contribution in [3.05, 3.63) is 34.9 Å². The number of rotatable bonds is 2. The van der Waals surface area contributed by atoms with Gasteiger partial charge < -0.3 is 0 Å². The van der Waals surface area contributed by atoms with Gasteiger partial charge in [0, 0.05) is 5.02 Å². The summed E-state index contributed by atoms with van der Waals surface area (Å²) in [4.78, 5) is 36.7. The highest BCUT2D eigenvalue weighted by Crippen LogP contribution is 2.49. The van der Waals surface area contributed by atoms with E-state index in [1.54, 1.807) is 24.3 Å². The van der Waals surface area contributed by atoms with Gasteiger partial charge in [-0.25, -0.2) is 4.79 Å². The van der Waals surface area contributed by atoms with Crippen molar-refractivity contribution in [2.24, 2.45) is 5.41 Å². The lowest BCUT2D eigenvalue weighted by atomic mass is 10.0. The Kier molecular flexibility index (Phi) is 2.60. The van der Waals surface area contributed by atoms with Crippen LogP contribution < -0.4 is 5.32 Å². The van der Waals surface area contributed by atoms with Crippen LogP contribution in [0.2, 0.25) is 5.02 Å². The van der Waals surface area contributed by atoms with Gasteiger partial charge in [-0.3, -0.25) is 19.8 Å². The molecular weight excluding hydrogens is 268 g/mol. The number of barbiturate groups is 1. The van der Waals surface area contributed by atoms with Gasteiger partial charge >= 0.3 is 6.03 Å². The largest absolute Gasteiger partial charge is 0.331 e. The quantitative estimate of drug-likeness (QED) is 0.837. The number of carbonyl (C=O) groups excluding carboxylic acids is 3. The first kappa shape index (κ1) is 12.2. The molecule has 6 heteroatoms. The number of hydrogen-bond donors (Lipinski definition) is 1. The minimum absolute atomic E-state index is 0.125. The maximum absolute atomic E-state index is 12.2. The first-order valence-corrected chi connectivity index (χ1v) is 6.32. The van der Waals surface area contributed by atoms with Gasteiger partial charge in [0.05, 0.1) is 6.54 Å². The van der Waals surface area contributed by atoms with Crippen LogP contribution >= 0.6 is 11.6 Å². The van der Waals surface area contributed by atoms with Gasteiger partial charge in [-0.1, -0.05) is 23.7 Å². The number of carbonyl (C=O) groups is 3. The second kappa shape index (κ2) is 4.06. The van der Waals surface area contributed by atoms with E-state index in [9.17, 15) is 14.4 Å².